The van der Waals surface area contributed by atoms with Crippen molar-refractivity contribution in [3.63, 3.8) is 0 Å². The van der Waals surface area contributed by atoms with Crippen LogP contribution in [0.4, 0.5) is 4.39 Å². The molecule has 0 radical (unpaired) electrons. The van der Waals surface area contributed by atoms with E-state index >= 15 is 0 Å². The molecule has 5 nitrogen and oxygen atoms in total. The predicted molar refractivity (Wildman–Crippen MR) is 134 cm³/mol. The summed E-state index contributed by atoms with van der Waals surface area (Å²) in [6, 6.07) is 12.6. The van der Waals surface area contributed by atoms with E-state index < -0.39 is 0 Å². The van der Waals surface area contributed by atoms with Crippen molar-refractivity contribution in [2.75, 3.05) is 32.7 Å². The maximum Gasteiger partial charge on any atom is 0.264 e. The van der Waals surface area contributed by atoms with Gasteiger partial charge in [-0.05, 0) is 59.5 Å². The number of nitrogens with zero attached hydrogens (tertiary/aromatic N) is 3. The van der Waals surface area contributed by atoms with Gasteiger partial charge in [0.25, 0.3) is 5.91 Å². The SMILES string of the molecule is C[C@@H]1CN(C(=O)CCN2CCc3sccc3[C@@H]2c2cccc(F)c2)CCN1C(=O)c1cccs1. The average Bonchev–Trinajstić information content (AvgIpc) is 3.54. The number of amides is 2. The van der Waals surface area contributed by atoms with Gasteiger partial charge in [0.15, 0.2) is 0 Å². The molecule has 2 aliphatic heterocycles. The highest BCUT2D eigenvalue weighted by molar-refractivity contribution is 7.12. The number of hydrogen-bond donors (Lipinski definition) is 0. The van der Waals surface area contributed by atoms with Crippen molar-refractivity contribution in [3.8, 4) is 0 Å². The number of hydrogen-bond acceptors (Lipinski definition) is 5. The Labute approximate surface area is 207 Å². The molecule has 2 aromatic heterocycles. The molecule has 0 unspecified atom stereocenters. The van der Waals surface area contributed by atoms with Crippen molar-refractivity contribution in [2.24, 2.45) is 0 Å². The fraction of sp³-hybridized carbons (Fsp3) is 0.385. The molecular formula is C26H28FN3O2S2. The van der Waals surface area contributed by atoms with E-state index in [1.54, 1.807) is 23.5 Å². The van der Waals surface area contributed by atoms with Crippen LogP contribution in [0.3, 0.4) is 0 Å². The zero-order valence-corrected chi connectivity index (χ0v) is 20.8. The fourth-order valence-electron chi connectivity index (χ4n) is 5.10. The van der Waals surface area contributed by atoms with Gasteiger partial charge < -0.3 is 9.80 Å². The third-order valence-electron chi connectivity index (χ3n) is 6.82. The van der Waals surface area contributed by atoms with Gasteiger partial charge >= 0.3 is 0 Å². The highest BCUT2D eigenvalue weighted by atomic mass is 32.1. The summed E-state index contributed by atoms with van der Waals surface area (Å²) in [7, 11) is 0. The van der Waals surface area contributed by atoms with Gasteiger partial charge in [-0.1, -0.05) is 18.2 Å². The van der Waals surface area contributed by atoms with E-state index in [0.717, 1.165) is 23.4 Å². The first-order valence-electron chi connectivity index (χ1n) is 11.7. The van der Waals surface area contributed by atoms with Crippen LogP contribution in [-0.2, 0) is 11.2 Å². The van der Waals surface area contributed by atoms with Gasteiger partial charge in [0.05, 0.1) is 10.9 Å². The van der Waals surface area contributed by atoms with E-state index in [9.17, 15) is 14.0 Å². The van der Waals surface area contributed by atoms with E-state index in [0.29, 0.717) is 32.6 Å². The monoisotopic (exact) mass is 497 g/mol. The van der Waals surface area contributed by atoms with Crippen molar-refractivity contribution in [3.05, 3.63) is 79.9 Å². The van der Waals surface area contributed by atoms with Crippen molar-refractivity contribution < 1.29 is 14.0 Å². The lowest BCUT2D eigenvalue weighted by atomic mass is 9.93. The molecule has 0 bridgehead atoms. The highest BCUT2D eigenvalue weighted by Gasteiger charge is 2.33. The number of halogens is 1. The summed E-state index contributed by atoms with van der Waals surface area (Å²) in [6.07, 6.45) is 1.37. The zero-order valence-electron chi connectivity index (χ0n) is 19.2. The van der Waals surface area contributed by atoms with Gasteiger partial charge in [0.2, 0.25) is 5.91 Å². The van der Waals surface area contributed by atoms with E-state index in [1.807, 2.05) is 40.3 Å². The Morgan fingerprint density at radius 1 is 1.06 bits per heavy atom. The lowest BCUT2D eigenvalue weighted by Gasteiger charge is -2.40. The average molecular weight is 498 g/mol. The lowest BCUT2D eigenvalue weighted by Crippen LogP contribution is -2.55. The maximum absolute atomic E-state index is 14.0. The largest absolute Gasteiger partial charge is 0.339 e. The Morgan fingerprint density at radius 3 is 2.71 bits per heavy atom. The summed E-state index contributed by atoms with van der Waals surface area (Å²) in [4.78, 5) is 34.0. The Kier molecular flexibility index (Phi) is 6.81. The molecular weight excluding hydrogens is 469 g/mol. The van der Waals surface area contributed by atoms with Crippen LogP contribution in [0.2, 0.25) is 0 Å². The first kappa shape index (κ1) is 23.2. The summed E-state index contributed by atoms with van der Waals surface area (Å²) in [5.41, 5.74) is 2.16. The van der Waals surface area contributed by atoms with Gasteiger partial charge in [-0.15, -0.1) is 22.7 Å². The highest BCUT2D eigenvalue weighted by Crippen LogP contribution is 2.38. The molecule has 2 aliphatic rings. The van der Waals surface area contributed by atoms with Gasteiger partial charge in [-0.3, -0.25) is 14.5 Å². The number of fused-ring (bicyclic) bond motifs is 1. The van der Waals surface area contributed by atoms with Crippen molar-refractivity contribution >= 4 is 34.5 Å². The standard InChI is InChI=1S/C26H28FN3O2S2/c1-18-17-29(12-13-30(18)26(32)23-6-3-14-33-23)24(31)8-11-28-10-7-22-21(9-15-34-22)25(28)19-4-2-5-20(27)16-19/h2-6,9,14-16,18,25H,7-8,10-13,17H2,1H3/t18-,25+/m1/s1. The molecule has 0 aliphatic carbocycles. The Hall–Kier alpha value is -2.55. The van der Waals surface area contributed by atoms with Crippen LogP contribution in [0.1, 0.15) is 45.1 Å². The van der Waals surface area contributed by atoms with E-state index in [-0.39, 0.29) is 29.7 Å². The van der Waals surface area contributed by atoms with E-state index in [2.05, 4.69) is 16.3 Å². The Bertz CT molecular complexity index is 1160. The van der Waals surface area contributed by atoms with Gasteiger partial charge in [0, 0.05) is 50.1 Å². The summed E-state index contributed by atoms with van der Waals surface area (Å²) in [5.74, 6) is -0.0727. The topological polar surface area (TPSA) is 43.9 Å². The molecule has 1 aromatic carbocycles. The number of carbonyl (C=O) groups is 2. The molecule has 178 valence electrons. The number of benzene rings is 1. The Balaban J connectivity index is 1.23. The first-order chi connectivity index (χ1) is 16.5. The number of thiophene rings is 2. The molecule has 0 N–H and O–H groups in total. The van der Waals surface area contributed by atoms with Crippen LogP contribution >= 0.6 is 22.7 Å². The molecule has 2 amide bonds. The second-order valence-electron chi connectivity index (χ2n) is 8.96. The molecule has 2 atom stereocenters. The molecule has 1 saturated heterocycles. The summed E-state index contributed by atoms with van der Waals surface area (Å²) in [5, 5.41) is 4.01. The molecule has 8 heteroatoms. The van der Waals surface area contributed by atoms with Crippen LogP contribution in [0.5, 0.6) is 0 Å². The van der Waals surface area contributed by atoms with Crippen molar-refractivity contribution in [1.82, 2.24) is 14.7 Å². The lowest BCUT2D eigenvalue weighted by molar-refractivity contribution is -0.134. The molecule has 4 heterocycles. The minimum Gasteiger partial charge on any atom is -0.339 e. The molecule has 0 saturated carbocycles. The van der Waals surface area contributed by atoms with Gasteiger partial charge in [0.1, 0.15) is 5.82 Å². The minimum absolute atomic E-state index is 0.0179. The van der Waals surface area contributed by atoms with Gasteiger partial charge in [-0.2, -0.15) is 0 Å². The van der Waals surface area contributed by atoms with E-state index in [1.165, 1.54) is 27.8 Å². The second-order valence-corrected chi connectivity index (χ2v) is 10.9. The molecule has 0 spiro atoms. The smallest absolute Gasteiger partial charge is 0.264 e. The molecule has 5 rings (SSSR count). The molecule has 3 aromatic rings. The molecule has 34 heavy (non-hydrogen) atoms. The van der Waals surface area contributed by atoms with Gasteiger partial charge in [-0.25, -0.2) is 4.39 Å². The summed E-state index contributed by atoms with van der Waals surface area (Å²) < 4.78 is 14.0. The van der Waals surface area contributed by atoms with Crippen LogP contribution < -0.4 is 0 Å². The second kappa shape index (κ2) is 9.98. The first-order valence-corrected chi connectivity index (χ1v) is 13.4. The number of piperazine rings is 1. The van der Waals surface area contributed by atoms with Crippen molar-refractivity contribution in [1.29, 1.82) is 0 Å². The van der Waals surface area contributed by atoms with E-state index in [4.69, 9.17) is 0 Å². The third kappa shape index (κ3) is 4.67. The maximum atomic E-state index is 14.0. The summed E-state index contributed by atoms with van der Waals surface area (Å²) >= 11 is 3.20. The normalized spacial score (nSPS) is 20.9. The third-order valence-corrected chi connectivity index (χ3v) is 8.67. The number of carbonyl (C=O) groups excluding carboxylic acids is 2. The van der Waals surface area contributed by atoms with Crippen LogP contribution in [-0.4, -0.2) is 65.3 Å². The summed E-state index contributed by atoms with van der Waals surface area (Å²) in [6.45, 7) is 5.14. The Morgan fingerprint density at radius 2 is 1.94 bits per heavy atom. The van der Waals surface area contributed by atoms with Crippen LogP contribution in [0.25, 0.3) is 0 Å². The zero-order chi connectivity index (χ0) is 23.7. The van der Waals surface area contributed by atoms with Crippen LogP contribution in [0.15, 0.2) is 53.2 Å². The van der Waals surface area contributed by atoms with Crippen molar-refractivity contribution in [2.45, 2.75) is 31.8 Å². The minimum atomic E-state index is -0.236. The number of rotatable bonds is 5. The predicted octanol–water partition coefficient (Wildman–Crippen LogP) is 4.66. The quantitative estimate of drug-likeness (QED) is 0.515. The fourth-order valence-corrected chi connectivity index (χ4v) is 6.68. The molecule has 1 fully saturated rings. The van der Waals surface area contributed by atoms with Crippen LogP contribution in [0, 0.1) is 5.82 Å².